The number of esters is 1. The molecule has 0 aromatic carbocycles. The Morgan fingerprint density at radius 3 is 2.65 bits per heavy atom. The maximum atomic E-state index is 12.8. The van der Waals surface area contributed by atoms with Crippen molar-refractivity contribution < 1.29 is 23.0 Å². The number of alkyl halides is 2. The summed E-state index contributed by atoms with van der Waals surface area (Å²) in [6.07, 6.45) is -1.97. The number of carbonyl (C=O) groups is 1. The first-order valence-corrected chi connectivity index (χ1v) is 4.95. The Morgan fingerprint density at radius 2 is 2.18 bits per heavy atom. The van der Waals surface area contributed by atoms with Gasteiger partial charge in [-0.3, -0.25) is 9.78 Å². The first-order valence-electron chi connectivity index (χ1n) is 4.57. The third kappa shape index (κ3) is 3.03. The van der Waals surface area contributed by atoms with Gasteiger partial charge in [0.1, 0.15) is 5.75 Å². The lowest BCUT2D eigenvalue weighted by Crippen LogP contribution is -2.08. The number of hydrogen-bond donors (Lipinski definition) is 0. The van der Waals surface area contributed by atoms with Crippen LogP contribution in [0.15, 0.2) is 6.20 Å². The normalized spacial score (nSPS) is 10.5. The summed E-state index contributed by atoms with van der Waals surface area (Å²) in [6.45, 7) is 0. The fourth-order valence-corrected chi connectivity index (χ4v) is 1.52. The molecule has 1 rings (SSSR count). The largest absolute Gasteiger partial charge is 0.495 e. The van der Waals surface area contributed by atoms with Crippen LogP contribution in [0.25, 0.3) is 0 Å². The summed E-state index contributed by atoms with van der Waals surface area (Å²) in [4.78, 5) is 14.8. The molecule has 94 valence electrons. The summed E-state index contributed by atoms with van der Waals surface area (Å²) in [6, 6.07) is 0. The molecule has 0 amide bonds. The van der Waals surface area contributed by atoms with Crippen LogP contribution in [0.3, 0.4) is 0 Å². The van der Waals surface area contributed by atoms with Gasteiger partial charge in [0.2, 0.25) is 0 Å². The quantitative estimate of drug-likeness (QED) is 0.785. The molecule has 0 N–H and O–H groups in total. The minimum absolute atomic E-state index is 0.0367. The van der Waals surface area contributed by atoms with Crippen molar-refractivity contribution in [1.29, 1.82) is 0 Å². The summed E-state index contributed by atoms with van der Waals surface area (Å²) < 4.78 is 34.7. The third-order valence-electron chi connectivity index (χ3n) is 2.07. The lowest BCUT2D eigenvalue weighted by Gasteiger charge is -2.11. The Hall–Kier alpha value is -1.43. The molecule has 7 heteroatoms. The van der Waals surface area contributed by atoms with Gasteiger partial charge < -0.3 is 9.47 Å². The first kappa shape index (κ1) is 13.6. The van der Waals surface area contributed by atoms with Crippen LogP contribution in [0, 0.1) is 0 Å². The highest BCUT2D eigenvalue weighted by Gasteiger charge is 2.22. The van der Waals surface area contributed by atoms with Crippen molar-refractivity contribution in [2.75, 3.05) is 14.2 Å². The molecule has 0 spiro atoms. The van der Waals surface area contributed by atoms with Crippen molar-refractivity contribution in [3.8, 4) is 5.75 Å². The zero-order chi connectivity index (χ0) is 13.0. The van der Waals surface area contributed by atoms with Crippen molar-refractivity contribution in [3.05, 3.63) is 22.5 Å². The minimum Gasteiger partial charge on any atom is -0.495 e. The lowest BCUT2D eigenvalue weighted by molar-refractivity contribution is -0.139. The van der Waals surface area contributed by atoms with E-state index in [1.165, 1.54) is 14.2 Å². The summed E-state index contributed by atoms with van der Waals surface area (Å²) in [5.41, 5.74) is -0.433. The molecule has 0 bridgehead atoms. The van der Waals surface area contributed by atoms with E-state index in [0.717, 1.165) is 6.20 Å². The second-order valence-electron chi connectivity index (χ2n) is 3.05. The number of methoxy groups -OCH3 is 2. The van der Waals surface area contributed by atoms with Gasteiger partial charge in [-0.05, 0) is 0 Å². The van der Waals surface area contributed by atoms with E-state index in [0.29, 0.717) is 0 Å². The fraction of sp³-hybridized carbons (Fsp3) is 0.400. The predicted octanol–water partition coefficient (Wildman–Crippen LogP) is 2.40. The third-order valence-corrected chi connectivity index (χ3v) is 2.49. The van der Waals surface area contributed by atoms with Gasteiger partial charge in [0.15, 0.2) is 0 Å². The van der Waals surface area contributed by atoms with Crippen molar-refractivity contribution >= 4 is 17.6 Å². The van der Waals surface area contributed by atoms with Crippen LogP contribution in [0.2, 0.25) is 5.02 Å². The standard InChI is InChI=1S/C10H10ClF2NO3/c1-16-6-4-14-5(3-7(15)17-2)9(11)8(6)10(12)13/h4,10H,3H2,1-2H3. The van der Waals surface area contributed by atoms with Crippen molar-refractivity contribution in [2.24, 2.45) is 0 Å². The van der Waals surface area contributed by atoms with Crippen LogP contribution in [0.5, 0.6) is 5.75 Å². The van der Waals surface area contributed by atoms with Crippen molar-refractivity contribution in [3.63, 3.8) is 0 Å². The molecule has 0 aliphatic heterocycles. The van der Waals surface area contributed by atoms with Crippen molar-refractivity contribution in [2.45, 2.75) is 12.8 Å². The van der Waals surface area contributed by atoms with E-state index >= 15 is 0 Å². The van der Waals surface area contributed by atoms with E-state index in [1.807, 2.05) is 0 Å². The van der Waals surface area contributed by atoms with Crippen LogP contribution in [-0.2, 0) is 16.0 Å². The smallest absolute Gasteiger partial charge is 0.311 e. The maximum Gasteiger partial charge on any atom is 0.311 e. The predicted molar refractivity (Wildman–Crippen MR) is 56.5 cm³/mol. The highest BCUT2D eigenvalue weighted by Crippen LogP contribution is 2.36. The molecule has 0 atom stereocenters. The van der Waals surface area contributed by atoms with Gasteiger partial charge in [0.05, 0.1) is 43.1 Å². The van der Waals surface area contributed by atoms with Gasteiger partial charge in [-0.1, -0.05) is 11.6 Å². The molecule has 0 fully saturated rings. The molecule has 1 aromatic rings. The number of pyridine rings is 1. The topological polar surface area (TPSA) is 48.4 Å². The van der Waals surface area contributed by atoms with Gasteiger partial charge in [-0.2, -0.15) is 0 Å². The highest BCUT2D eigenvalue weighted by atomic mass is 35.5. The number of rotatable bonds is 4. The molecule has 0 saturated heterocycles. The molecule has 0 aliphatic rings. The Bertz CT molecular complexity index is 426. The minimum atomic E-state index is -2.81. The summed E-state index contributed by atoms with van der Waals surface area (Å²) in [7, 11) is 2.42. The molecule has 1 heterocycles. The van der Waals surface area contributed by atoms with Crippen LogP contribution in [0.1, 0.15) is 17.7 Å². The van der Waals surface area contributed by atoms with Crippen LogP contribution in [0.4, 0.5) is 8.78 Å². The number of ether oxygens (including phenoxy) is 2. The summed E-state index contributed by atoms with van der Waals surface area (Å²) in [5.74, 6) is -0.719. The van der Waals surface area contributed by atoms with Crippen LogP contribution >= 0.6 is 11.6 Å². The van der Waals surface area contributed by atoms with E-state index in [4.69, 9.17) is 16.3 Å². The lowest BCUT2D eigenvalue weighted by atomic mass is 10.2. The Balaban J connectivity index is 3.18. The van der Waals surface area contributed by atoms with Crippen LogP contribution < -0.4 is 4.74 Å². The maximum absolute atomic E-state index is 12.8. The zero-order valence-electron chi connectivity index (χ0n) is 9.17. The van der Waals surface area contributed by atoms with E-state index in [1.54, 1.807) is 0 Å². The molecule has 1 aromatic heterocycles. The van der Waals surface area contributed by atoms with E-state index in [2.05, 4.69) is 9.72 Å². The number of nitrogens with zero attached hydrogens (tertiary/aromatic N) is 1. The highest BCUT2D eigenvalue weighted by molar-refractivity contribution is 6.32. The first-order chi connectivity index (χ1) is 8.01. The molecule has 0 unspecified atom stereocenters. The SMILES string of the molecule is COC(=O)Cc1ncc(OC)c(C(F)F)c1Cl. The van der Waals surface area contributed by atoms with Crippen LogP contribution in [-0.4, -0.2) is 25.2 Å². The average Bonchev–Trinajstić information content (AvgIpc) is 2.30. The zero-order valence-corrected chi connectivity index (χ0v) is 9.92. The Morgan fingerprint density at radius 1 is 1.53 bits per heavy atom. The van der Waals surface area contributed by atoms with E-state index in [9.17, 15) is 13.6 Å². The molecule has 0 aliphatic carbocycles. The molecular formula is C10H10ClF2NO3. The Kier molecular flexibility index (Phi) is 4.62. The molecular weight excluding hydrogens is 256 g/mol. The van der Waals surface area contributed by atoms with Gasteiger partial charge >= 0.3 is 5.97 Å². The van der Waals surface area contributed by atoms with Gasteiger partial charge in [0.25, 0.3) is 6.43 Å². The van der Waals surface area contributed by atoms with Gasteiger partial charge in [-0.15, -0.1) is 0 Å². The fourth-order valence-electron chi connectivity index (χ4n) is 1.22. The molecule has 0 radical (unpaired) electrons. The number of aromatic nitrogens is 1. The number of hydrogen-bond acceptors (Lipinski definition) is 4. The second-order valence-corrected chi connectivity index (χ2v) is 3.43. The molecule has 17 heavy (non-hydrogen) atoms. The summed E-state index contributed by atoms with van der Waals surface area (Å²) in [5, 5.41) is -0.273. The van der Waals surface area contributed by atoms with Gasteiger partial charge in [0, 0.05) is 0 Å². The van der Waals surface area contributed by atoms with E-state index in [-0.39, 0.29) is 22.9 Å². The second kappa shape index (κ2) is 5.77. The molecule has 0 saturated carbocycles. The average molecular weight is 266 g/mol. The number of halogens is 3. The number of carbonyl (C=O) groups excluding carboxylic acids is 1. The monoisotopic (exact) mass is 265 g/mol. The Labute approximate surface area is 101 Å². The van der Waals surface area contributed by atoms with Gasteiger partial charge in [-0.25, -0.2) is 8.78 Å². The summed E-state index contributed by atoms with van der Waals surface area (Å²) >= 11 is 5.76. The van der Waals surface area contributed by atoms with E-state index < -0.39 is 18.0 Å². The van der Waals surface area contributed by atoms with Crippen molar-refractivity contribution in [1.82, 2.24) is 4.98 Å². The molecule has 4 nitrogen and oxygen atoms in total.